The third kappa shape index (κ3) is 3.27. The second kappa shape index (κ2) is 6.89. The predicted octanol–water partition coefficient (Wildman–Crippen LogP) is 3.83. The molecule has 25 heavy (non-hydrogen) atoms. The van der Waals surface area contributed by atoms with Crippen LogP contribution in [-0.4, -0.2) is 35.8 Å². The second-order valence-electron chi connectivity index (χ2n) is 6.41. The lowest BCUT2D eigenvalue weighted by molar-refractivity contribution is -0.124. The van der Waals surface area contributed by atoms with Gasteiger partial charge in [0.25, 0.3) is 5.91 Å². The van der Waals surface area contributed by atoms with Crippen LogP contribution in [0.1, 0.15) is 28.4 Å². The number of rotatable bonds is 2. The molecule has 130 valence electrons. The molecule has 1 aliphatic heterocycles. The van der Waals surface area contributed by atoms with Gasteiger partial charge in [-0.2, -0.15) is 0 Å². The number of piperazine rings is 1. The Balaban J connectivity index is 1.86. The van der Waals surface area contributed by atoms with Crippen molar-refractivity contribution in [2.45, 2.75) is 26.8 Å². The number of carbonyl (C=O) groups is 2. The molecule has 5 heteroatoms. The molecule has 3 rings (SSSR count). The first-order valence-electron chi connectivity index (χ1n) is 8.34. The number of hydrogen-bond acceptors (Lipinski definition) is 2. The van der Waals surface area contributed by atoms with Gasteiger partial charge in [-0.25, -0.2) is 0 Å². The Morgan fingerprint density at radius 3 is 2.52 bits per heavy atom. The zero-order valence-corrected chi connectivity index (χ0v) is 15.4. The van der Waals surface area contributed by atoms with E-state index in [1.807, 2.05) is 50.2 Å². The monoisotopic (exact) mass is 356 g/mol. The van der Waals surface area contributed by atoms with E-state index in [1.54, 1.807) is 22.8 Å². The molecule has 1 saturated heterocycles. The molecular formula is C20H21ClN2O2. The van der Waals surface area contributed by atoms with Gasteiger partial charge in [-0.15, -0.1) is 0 Å². The van der Waals surface area contributed by atoms with Crippen molar-refractivity contribution in [2.75, 3.05) is 18.0 Å². The minimum atomic E-state index is -0.515. The maximum Gasteiger partial charge on any atom is 0.254 e. The Bertz CT molecular complexity index is 834. The molecule has 0 bridgehead atoms. The quantitative estimate of drug-likeness (QED) is 0.820. The normalized spacial score (nSPS) is 17.8. The first-order valence-corrected chi connectivity index (χ1v) is 8.72. The van der Waals surface area contributed by atoms with Crippen molar-refractivity contribution < 1.29 is 9.59 Å². The maximum absolute atomic E-state index is 12.9. The summed E-state index contributed by atoms with van der Waals surface area (Å²) < 4.78 is 0. The Labute approximate surface area is 153 Å². The lowest BCUT2D eigenvalue weighted by atomic mass is 10.0. The lowest BCUT2D eigenvalue weighted by Gasteiger charge is -2.39. The molecule has 0 unspecified atom stereocenters. The lowest BCUT2D eigenvalue weighted by Crippen LogP contribution is -2.58. The van der Waals surface area contributed by atoms with Gasteiger partial charge in [0.15, 0.2) is 0 Å². The molecule has 2 aromatic carbocycles. The van der Waals surface area contributed by atoms with E-state index < -0.39 is 6.04 Å². The topological polar surface area (TPSA) is 40.6 Å². The highest BCUT2D eigenvalue weighted by molar-refractivity contribution is 6.31. The molecule has 2 amide bonds. The van der Waals surface area contributed by atoms with Crippen molar-refractivity contribution in [3.05, 3.63) is 64.2 Å². The summed E-state index contributed by atoms with van der Waals surface area (Å²) in [7, 11) is 0. The minimum Gasteiger partial charge on any atom is -0.325 e. The van der Waals surface area contributed by atoms with Crippen LogP contribution in [0, 0.1) is 13.8 Å². The molecule has 0 saturated carbocycles. The molecule has 0 aliphatic carbocycles. The van der Waals surface area contributed by atoms with Crippen LogP contribution >= 0.6 is 11.6 Å². The Morgan fingerprint density at radius 2 is 1.80 bits per heavy atom. The smallest absolute Gasteiger partial charge is 0.254 e. The van der Waals surface area contributed by atoms with Gasteiger partial charge in [-0.1, -0.05) is 35.9 Å². The first-order chi connectivity index (χ1) is 11.9. The zero-order valence-electron chi connectivity index (χ0n) is 14.6. The third-order valence-electron chi connectivity index (χ3n) is 4.75. The molecule has 1 aliphatic rings. The van der Waals surface area contributed by atoms with Crippen LogP contribution in [0.2, 0.25) is 5.02 Å². The van der Waals surface area contributed by atoms with E-state index in [4.69, 9.17) is 11.6 Å². The van der Waals surface area contributed by atoms with E-state index in [0.717, 1.165) is 16.8 Å². The number of halogens is 1. The summed E-state index contributed by atoms with van der Waals surface area (Å²) in [6, 6.07) is 12.5. The van der Waals surface area contributed by atoms with Gasteiger partial charge in [0.1, 0.15) is 6.04 Å². The summed E-state index contributed by atoms with van der Waals surface area (Å²) in [6.07, 6.45) is 0. The highest BCUT2D eigenvalue weighted by Crippen LogP contribution is 2.28. The molecule has 0 spiro atoms. The second-order valence-corrected chi connectivity index (χ2v) is 6.85. The predicted molar refractivity (Wildman–Crippen MR) is 100 cm³/mol. The van der Waals surface area contributed by atoms with Gasteiger partial charge in [0.2, 0.25) is 5.91 Å². The zero-order chi connectivity index (χ0) is 18.1. The minimum absolute atomic E-state index is 0.0847. The fraction of sp³-hybridized carbons (Fsp3) is 0.300. The number of carbonyl (C=O) groups excluding carboxylic acids is 2. The van der Waals surface area contributed by atoms with Crippen molar-refractivity contribution in [3.8, 4) is 0 Å². The average molecular weight is 357 g/mol. The Hall–Kier alpha value is -2.33. The summed E-state index contributed by atoms with van der Waals surface area (Å²) in [6.45, 7) is 6.60. The fourth-order valence-electron chi connectivity index (χ4n) is 3.23. The SMILES string of the molecule is Cc1ccccc1C(=O)N1CCN(c2cc(Cl)ccc2C)C(=O)[C@@H]1C. The molecule has 1 heterocycles. The van der Waals surface area contributed by atoms with Crippen LogP contribution in [0.5, 0.6) is 0 Å². The fourth-order valence-corrected chi connectivity index (χ4v) is 3.39. The molecule has 4 nitrogen and oxygen atoms in total. The maximum atomic E-state index is 12.9. The molecular weight excluding hydrogens is 336 g/mol. The molecule has 1 fully saturated rings. The largest absolute Gasteiger partial charge is 0.325 e. The van der Waals surface area contributed by atoms with Gasteiger partial charge in [0.05, 0.1) is 0 Å². The van der Waals surface area contributed by atoms with E-state index >= 15 is 0 Å². The first kappa shape index (κ1) is 17.5. The standard InChI is InChI=1S/C20H21ClN2O2/c1-13-6-4-5-7-17(13)20(25)22-10-11-23(19(24)15(22)3)18-12-16(21)9-8-14(18)2/h4-9,12,15H,10-11H2,1-3H3/t15-/m0/s1. The van der Waals surface area contributed by atoms with Crippen LogP contribution < -0.4 is 4.90 Å². The van der Waals surface area contributed by atoms with Gasteiger partial charge in [-0.3, -0.25) is 9.59 Å². The highest BCUT2D eigenvalue weighted by atomic mass is 35.5. The van der Waals surface area contributed by atoms with Crippen LogP contribution in [-0.2, 0) is 4.79 Å². The summed E-state index contributed by atoms with van der Waals surface area (Å²) in [5.74, 6) is -0.181. The van der Waals surface area contributed by atoms with Crippen LogP contribution in [0.3, 0.4) is 0 Å². The molecule has 0 radical (unpaired) electrons. The average Bonchev–Trinajstić information content (AvgIpc) is 2.59. The van der Waals surface area contributed by atoms with Crippen LogP contribution in [0.4, 0.5) is 5.69 Å². The van der Waals surface area contributed by atoms with Crippen molar-refractivity contribution in [1.82, 2.24) is 4.90 Å². The Kier molecular flexibility index (Phi) is 4.82. The van der Waals surface area contributed by atoms with E-state index in [-0.39, 0.29) is 11.8 Å². The number of nitrogens with zero attached hydrogens (tertiary/aromatic N) is 2. The van der Waals surface area contributed by atoms with E-state index in [1.165, 1.54) is 0 Å². The number of amides is 2. The number of anilines is 1. The van der Waals surface area contributed by atoms with Gasteiger partial charge in [0, 0.05) is 29.4 Å². The van der Waals surface area contributed by atoms with Crippen molar-refractivity contribution in [1.29, 1.82) is 0 Å². The number of benzene rings is 2. The molecule has 1 atom stereocenters. The van der Waals surface area contributed by atoms with Crippen LogP contribution in [0.25, 0.3) is 0 Å². The van der Waals surface area contributed by atoms with Crippen molar-refractivity contribution in [3.63, 3.8) is 0 Å². The summed E-state index contributed by atoms with van der Waals surface area (Å²) in [5, 5.41) is 0.597. The third-order valence-corrected chi connectivity index (χ3v) is 4.99. The van der Waals surface area contributed by atoms with E-state index in [0.29, 0.717) is 23.7 Å². The van der Waals surface area contributed by atoms with Gasteiger partial charge >= 0.3 is 0 Å². The van der Waals surface area contributed by atoms with E-state index in [9.17, 15) is 9.59 Å². The highest BCUT2D eigenvalue weighted by Gasteiger charge is 2.36. The molecule has 0 N–H and O–H groups in total. The van der Waals surface area contributed by atoms with Crippen LogP contribution in [0.15, 0.2) is 42.5 Å². The van der Waals surface area contributed by atoms with Crippen molar-refractivity contribution in [2.24, 2.45) is 0 Å². The number of aryl methyl sites for hydroxylation is 2. The summed E-state index contributed by atoms with van der Waals surface area (Å²) in [4.78, 5) is 29.2. The summed E-state index contributed by atoms with van der Waals surface area (Å²) >= 11 is 6.09. The molecule has 2 aromatic rings. The number of hydrogen-bond donors (Lipinski definition) is 0. The van der Waals surface area contributed by atoms with Gasteiger partial charge < -0.3 is 9.80 Å². The van der Waals surface area contributed by atoms with Crippen molar-refractivity contribution >= 4 is 29.1 Å². The Morgan fingerprint density at radius 1 is 1.08 bits per heavy atom. The van der Waals surface area contributed by atoms with Gasteiger partial charge in [-0.05, 0) is 50.1 Å². The van der Waals surface area contributed by atoms with E-state index in [2.05, 4.69) is 0 Å². The summed E-state index contributed by atoms with van der Waals surface area (Å²) in [5.41, 5.74) is 3.37. The molecule has 0 aromatic heterocycles.